The zero-order chi connectivity index (χ0) is 16.1. The van der Waals surface area contributed by atoms with Gasteiger partial charge in [-0.15, -0.1) is 0 Å². The van der Waals surface area contributed by atoms with E-state index in [-0.39, 0.29) is 25.2 Å². The van der Waals surface area contributed by atoms with Crippen LogP contribution in [0, 0.1) is 6.92 Å². The summed E-state index contributed by atoms with van der Waals surface area (Å²) in [5.74, 6) is 0.865. The minimum Gasteiger partial charge on any atom is -0.362 e. The van der Waals surface area contributed by atoms with Crippen LogP contribution in [-0.2, 0) is 16.1 Å². The van der Waals surface area contributed by atoms with Gasteiger partial charge < -0.3 is 19.5 Å². The van der Waals surface area contributed by atoms with Crippen molar-refractivity contribution in [2.75, 3.05) is 26.2 Å². The van der Waals surface area contributed by atoms with E-state index < -0.39 is 0 Å². The van der Waals surface area contributed by atoms with Gasteiger partial charge in [-0.1, -0.05) is 11.2 Å². The van der Waals surface area contributed by atoms with Crippen LogP contribution in [-0.4, -0.2) is 52.2 Å². The third-order valence-electron chi connectivity index (χ3n) is 3.65. The first kappa shape index (κ1) is 15.6. The number of amides is 1. The second-order valence-corrected chi connectivity index (χ2v) is 5.32. The minimum atomic E-state index is -0.0587. The van der Waals surface area contributed by atoms with E-state index >= 15 is 0 Å². The summed E-state index contributed by atoms with van der Waals surface area (Å²) in [5.41, 5.74) is 1.01. The van der Waals surface area contributed by atoms with Gasteiger partial charge in [0.25, 0.3) is 5.89 Å². The first-order valence-corrected chi connectivity index (χ1v) is 7.51. The van der Waals surface area contributed by atoms with Crippen molar-refractivity contribution in [3.05, 3.63) is 41.8 Å². The van der Waals surface area contributed by atoms with Gasteiger partial charge in [0.2, 0.25) is 5.91 Å². The Morgan fingerprint density at radius 1 is 1.57 bits per heavy atom. The molecule has 8 nitrogen and oxygen atoms in total. The van der Waals surface area contributed by atoms with Crippen LogP contribution in [0.4, 0.5) is 0 Å². The van der Waals surface area contributed by atoms with E-state index in [0.29, 0.717) is 24.8 Å². The molecule has 0 spiro atoms. The van der Waals surface area contributed by atoms with Crippen LogP contribution >= 0.6 is 0 Å². The maximum absolute atomic E-state index is 12.5. The largest absolute Gasteiger partial charge is 0.362 e. The summed E-state index contributed by atoms with van der Waals surface area (Å²) in [6.07, 6.45) is 3.52. The number of aromatic nitrogens is 3. The molecule has 122 valence electrons. The molecule has 1 atom stereocenters. The van der Waals surface area contributed by atoms with Crippen molar-refractivity contribution in [1.82, 2.24) is 25.3 Å². The number of hydrogen-bond donors (Lipinski definition) is 1. The molecular formula is C15H19N5O3. The van der Waals surface area contributed by atoms with Crippen molar-refractivity contribution in [3.8, 4) is 0 Å². The van der Waals surface area contributed by atoms with E-state index in [0.717, 1.165) is 12.1 Å². The Morgan fingerprint density at radius 2 is 2.48 bits per heavy atom. The lowest BCUT2D eigenvalue weighted by Gasteiger charge is -2.36. The number of carbonyl (C=O) groups excluding carboxylic acids is 1. The highest BCUT2D eigenvalue weighted by molar-refractivity contribution is 5.78. The van der Waals surface area contributed by atoms with Gasteiger partial charge in [0.1, 0.15) is 13.2 Å². The van der Waals surface area contributed by atoms with Crippen molar-refractivity contribution in [2.24, 2.45) is 0 Å². The molecule has 1 unspecified atom stereocenters. The number of aryl methyl sites for hydroxylation is 1. The van der Waals surface area contributed by atoms with Crippen LogP contribution in [0.3, 0.4) is 0 Å². The van der Waals surface area contributed by atoms with Gasteiger partial charge in [-0.05, 0) is 18.6 Å². The maximum atomic E-state index is 12.5. The number of ether oxygens (including phenoxy) is 1. The maximum Gasteiger partial charge on any atom is 0.252 e. The molecule has 1 aliphatic rings. The van der Waals surface area contributed by atoms with E-state index in [1.54, 1.807) is 19.3 Å². The summed E-state index contributed by atoms with van der Waals surface area (Å²) in [4.78, 5) is 22.5. The molecule has 1 amide bonds. The van der Waals surface area contributed by atoms with Crippen LogP contribution in [0.25, 0.3) is 0 Å². The molecule has 1 N–H and O–H groups in total. The van der Waals surface area contributed by atoms with E-state index in [9.17, 15) is 4.79 Å². The standard InChI is InChI=1S/C15H19N5O3/c1-11-18-14(23-19-11)9-22-10-15(21)20-6-5-17-8-13(20)12-3-2-4-16-7-12/h2-4,7,13,17H,5-6,8-10H2,1H3. The zero-order valence-electron chi connectivity index (χ0n) is 12.9. The Kier molecular flexibility index (Phi) is 4.94. The van der Waals surface area contributed by atoms with Crippen molar-refractivity contribution in [2.45, 2.75) is 19.6 Å². The van der Waals surface area contributed by atoms with Crippen LogP contribution in [0.2, 0.25) is 0 Å². The van der Waals surface area contributed by atoms with Crippen LogP contribution in [0.5, 0.6) is 0 Å². The van der Waals surface area contributed by atoms with Crippen LogP contribution in [0.15, 0.2) is 29.0 Å². The normalized spacial score (nSPS) is 18.1. The molecule has 1 saturated heterocycles. The third kappa shape index (κ3) is 3.91. The molecule has 0 radical (unpaired) electrons. The van der Waals surface area contributed by atoms with Crippen molar-refractivity contribution >= 4 is 5.91 Å². The lowest BCUT2D eigenvalue weighted by molar-refractivity contribution is -0.140. The zero-order valence-corrected chi connectivity index (χ0v) is 12.9. The topological polar surface area (TPSA) is 93.4 Å². The Morgan fingerprint density at radius 3 is 3.22 bits per heavy atom. The lowest BCUT2D eigenvalue weighted by Crippen LogP contribution is -2.49. The minimum absolute atomic E-state index is 0.0157. The molecule has 2 aromatic heterocycles. The van der Waals surface area contributed by atoms with Gasteiger partial charge in [0.15, 0.2) is 5.82 Å². The summed E-state index contributed by atoms with van der Waals surface area (Å²) >= 11 is 0. The average Bonchev–Trinajstić information content (AvgIpc) is 3.01. The lowest BCUT2D eigenvalue weighted by atomic mass is 10.1. The number of rotatable bonds is 5. The second-order valence-electron chi connectivity index (χ2n) is 5.32. The van der Waals surface area contributed by atoms with Gasteiger partial charge in [0, 0.05) is 32.0 Å². The SMILES string of the molecule is Cc1noc(COCC(=O)N2CCNCC2c2cccnc2)n1. The molecule has 1 fully saturated rings. The Balaban J connectivity index is 1.58. The molecule has 2 aromatic rings. The highest BCUT2D eigenvalue weighted by Crippen LogP contribution is 2.21. The Labute approximate surface area is 133 Å². The smallest absolute Gasteiger partial charge is 0.252 e. The Bertz CT molecular complexity index is 646. The van der Waals surface area contributed by atoms with E-state index in [1.165, 1.54) is 0 Å². The molecular weight excluding hydrogens is 298 g/mol. The van der Waals surface area contributed by atoms with Crippen molar-refractivity contribution in [1.29, 1.82) is 0 Å². The average molecular weight is 317 g/mol. The van der Waals surface area contributed by atoms with Gasteiger partial charge >= 0.3 is 0 Å². The second kappa shape index (κ2) is 7.30. The molecule has 0 saturated carbocycles. The highest BCUT2D eigenvalue weighted by atomic mass is 16.5. The first-order chi connectivity index (χ1) is 11.2. The molecule has 0 aromatic carbocycles. The fraction of sp³-hybridized carbons (Fsp3) is 0.467. The van der Waals surface area contributed by atoms with Crippen molar-refractivity contribution < 1.29 is 14.1 Å². The molecule has 23 heavy (non-hydrogen) atoms. The summed E-state index contributed by atoms with van der Waals surface area (Å²) in [6.45, 7) is 3.97. The fourth-order valence-corrected chi connectivity index (χ4v) is 2.58. The highest BCUT2D eigenvalue weighted by Gasteiger charge is 2.27. The number of pyridine rings is 1. The number of hydrogen-bond acceptors (Lipinski definition) is 7. The predicted molar refractivity (Wildman–Crippen MR) is 80.3 cm³/mol. The Hall–Kier alpha value is -2.32. The van der Waals surface area contributed by atoms with Gasteiger partial charge in [0.05, 0.1) is 6.04 Å². The van der Waals surface area contributed by atoms with Crippen molar-refractivity contribution in [3.63, 3.8) is 0 Å². The van der Waals surface area contributed by atoms with Crippen LogP contribution < -0.4 is 5.32 Å². The fourth-order valence-electron chi connectivity index (χ4n) is 2.58. The predicted octanol–water partition coefficient (Wildman–Crippen LogP) is 0.463. The van der Waals surface area contributed by atoms with Gasteiger partial charge in [-0.2, -0.15) is 4.98 Å². The van der Waals surface area contributed by atoms with E-state index in [1.807, 2.05) is 17.0 Å². The van der Waals surface area contributed by atoms with Gasteiger partial charge in [-0.3, -0.25) is 9.78 Å². The molecule has 1 aliphatic heterocycles. The monoisotopic (exact) mass is 317 g/mol. The summed E-state index contributed by atoms with van der Waals surface area (Å²) < 4.78 is 10.4. The van der Waals surface area contributed by atoms with E-state index in [4.69, 9.17) is 9.26 Å². The number of piperazine rings is 1. The summed E-state index contributed by atoms with van der Waals surface area (Å²) in [7, 11) is 0. The quantitative estimate of drug-likeness (QED) is 0.856. The number of nitrogens with one attached hydrogen (secondary N) is 1. The summed E-state index contributed by atoms with van der Waals surface area (Å²) in [6, 6.07) is 3.83. The molecule has 3 heterocycles. The third-order valence-corrected chi connectivity index (χ3v) is 3.65. The molecule has 3 rings (SSSR count). The first-order valence-electron chi connectivity index (χ1n) is 7.51. The molecule has 0 aliphatic carbocycles. The van der Waals surface area contributed by atoms with Gasteiger partial charge in [-0.25, -0.2) is 0 Å². The molecule has 8 heteroatoms. The van der Waals surface area contributed by atoms with E-state index in [2.05, 4.69) is 20.4 Å². The number of nitrogens with zero attached hydrogens (tertiary/aromatic N) is 4. The molecule has 0 bridgehead atoms. The van der Waals surface area contributed by atoms with Crippen LogP contribution in [0.1, 0.15) is 23.3 Å². The summed E-state index contributed by atoms with van der Waals surface area (Å²) in [5, 5.41) is 6.99. The number of carbonyl (C=O) groups is 1.